The summed E-state index contributed by atoms with van der Waals surface area (Å²) in [6, 6.07) is 16.0. The number of nitrogens with one attached hydrogen (secondary N) is 1. The molecule has 116 valence electrons. The summed E-state index contributed by atoms with van der Waals surface area (Å²) in [6.07, 6.45) is 5.81. The number of rotatable bonds is 7. The minimum absolute atomic E-state index is 0.0515. The van der Waals surface area contributed by atoms with Gasteiger partial charge in [-0.1, -0.05) is 51.0 Å². The summed E-state index contributed by atoms with van der Waals surface area (Å²) >= 11 is 0. The van der Waals surface area contributed by atoms with Gasteiger partial charge in [-0.05, 0) is 54.7 Å². The summed E-state index contributed by atoms with van der Waals surface area (Å²) in [4.78, 5) is 12.2. The zero-order chi connectivity index (χ0) is 15.8. The van der Waals surface area contributed by atoms with E-state index in [9.17, 15) is 4.79 Å². The number of benzene rings is 2. The number of carbonyl (C=O) groups is 1. The Balaban J connectivity index is 1.94. The number of hydrogen-bond donors (Lipinski definition) is 1. The Morgan fingerprint density at radius 2 is 1.50 bits per heavy atom. The molecule has 0 saturated carbocycles. The van der Waals surface area contributed by atoms with Gasteiger partial charge in [0.05, 0.1) is 0 Å². The fourth-order valence-corrected chi connectivity index (χ4v) is 2.43. The fourth-order valence-electron chi connectivity index (χ4n) is 2.43. The summed E-state index contributed by atoms with van der Waals surface area (Å²) in [5.41, 5.74) is 4.12. The molecule has 2 rings (SSSR count). The molecule has 2 heteroatoms. The molecule has 0 heterocycles. The lowest BCUT2D eigenvalue weighted by atomic mass is 10.1. The lowest BCUT2D eigenvalue weighted by Gasteiger charge is -2.07. The van der Waals surface area contributed by atoms with Crippen molar-refractivity contribution >= 4 is 11.6 Å². The molecule has 2 aromatic rings. The van der Waals surface area contributed by atoms with E-state index in [1.54, 1.807) is 0 Å². The maximum Gasteiger partial charge on any atom is 0.255 e. The minimum atomic E-state index is -0.0515. The lowest BCUT2D eigenvalue weighted by Crippen LogP contribution is -2.11. The van der Waals surface area contributed by atoms with E-state index in [0.717, 1.165) is 18.5 Å². The molecule has 0 aliphatic rings. The molecule has 0 fully saturated rings. The highest BCUT2D eigenvalue weighted by molar-refractivity contribution is 6.04. The van der Waals surface area contributed by atoms with Gasteiger partial charge in [-0.15, -0.1) is 0 Å². The van der Waals surface area contributed by atoms with Crippen LogP contribution in [0.3, 0.4) is 0 Å². The fraction of sp³-hybridized carbons (Fsp3) is 0.350. The molecule has 22 heavy (non-hydrogen) atoms. The van der Waals surface area contributed by atoms with Gasteiger partial charge < -0.3 is 5.32 Å². The highest BCUT2D eigenvalue weighted by Crippen LogP contribution is 2.13. The van der Waals surface area contributed by atoms with Crippen molar-refractivity contribution in [3.63, 3.8) is 0 Å². The third-order valence-electron chi connectivity index (χ3n) is 3.91. The van der Waals surface area contributed by atoms with Crippen LogP contribution in [0.1, 0.15) is 54.6 Å². The average molecular weight is 295 g/mol. The Kier molecular flexibility index (Phi) is 6.20. The number of carbonyl (C=O) groups excluding carboxylic acids is 1. The first-order valence-corrected chi connectivity index (χ1v) is 8.22. The van der Waals surface area contributed by atoms with Crippen LogP contribution < -0.4 is 5.32 Å². The average Bonchev–Trinajstić information content (AvgIpc) is 2.56. The molecule has 2 aromatic carbocycles. The van der Waals surface area contributed by atoms with E-state index in [0.29, 0.717) is 5.56 Å². The van der Waals surface area contributed by atoms with Gasteiger partial charge in [0.2, 0.25) is 0 Å². The molecule has 0 unspecified atom stereocenters. The maximum absolute atomic E-state index is 12.2. The van der Waals surface area contributed by atoms with Crippen LogP contribution in [0.5, 0.6) is 0 Å². The van der Waals surface area contributed by atoms with Crippen molar-refractivity contribution < 1.29 is 4.79 Å². The first-order chi connectivity index (χ1) is 10.7. The number of amides is 1. The van der Waals surface area contributed by atoms with Crippen molar-refractivity contribution in [2.45, 2.75) is 46.0 Å². The number of unbranched alkanes of at least 4 members (excludes halogenated alkanes) is 2. The molecule has 1 amide bonds. The van der Waals surface area contributed by atoms with Crippen molar-refractivity contribution in [1.29, 1.82) is 0 Å². The molecule has 0 atom stereocenters. The van der Waals surface area contributed by atoms with Crippen molar-refractivity contribution in [3.05, 3.63) is 65.2 Å². The van der Waals surface area contributed by atoms with E-state index in [1.807, 2.05) is 36.4 Å². The zero-order valence-electron chi connectivity index (χ0n) is 13.6. The van der Waals surface area contributed by atoms with E-state index in [1.165, 1.54) is 30.4 Å². The summed E-state index contributed by atoms with van der Waals surface area (Å²) in [7, 11) is 0. The van der Waals surface area contributed by atoms with Gasteiger partial charge in [-0.3, -0.25) is 4.79 Å². The summed E-state index contributed by atoms with van der Waals surface area (Å²) < 4.78 is 0. The third-order valence-corrected chi connectivity index (χ3v) is 3.91. The molecular weight excluding hydrogens is 270 g/mol. The normalized spacial score (nSPS) is 10.5. The van der Waals surface area contributed by atoms with E-state index in [4.69, 9.17) is 0 Å². The van der Waals surface area contributed by atoms with E-state index >= 15 is 0 Å². The molecule has 0 aromatic heterocycles. The highest BCUT2D eigenvalue weighted by Gasteiger charge is 2.06. The number of anilines is 1. The number of hydrogen-bond acceptors (Lipinski definition) is 1. The lowest BCUT2D eigenvalue weighted by molar-refractivity contribution is 0.102. The molecule has 1 N–H and O–H groups in total. The van der Waals surface area contributed by atoms with Crippen molar-refractivity contribution in [2.75, 3.05) is 5.32 Å². The van der Waals surface area contributed by atoms with Crippen molar-refractivity contribution in [3.8, 4) is 0 Å². The zero-order valence-corrected chi connectivity index (χ0v) is 13.6. The van der Waals surface area contributed by atoms with Crippen LogP contribution in [0.25, 0.3) is 0 Å². The van der Waals surface area contributed by atoms with Gasteiger partial charge in [0.15, 0.2) is 0 Å². The standard InChI is InChI=1S/C20H25NO/c1-3-5-6-7-17-8-12-18(13-9-17)20(22)21-19-14-10-16(4-2)11-15-19/h8-15H,3-7H2,1-2H3,(H,21,22). The minimum Gasteiger partial charge on any atom is -0.322 e. The van der Waals surface area contributed by atoms with Gasteiger partial charge >= 0.3 is 0 Å². The molecule has 0 bridgehead atoms. The first kappa shape index (κ1) is 16.3. The van der Waals surface area contributed by atoms with Gasteiger partial charge in [0.25, 0.3) is 5.91 Å². The molecule has 0 spiro atoms. The predicted molar refractivity (Wildman–Crippen MR) is 93.4 cm³/mol. The summed E-state index contributed by atoms with van der Waals surface area (Å²) in [5.74, 6) is -0.0515. The monoisotopic (exact) mass is 295 g/mol. The van der Waals surface area contributed by atoms with Crippen LogP contribution >= 0.6 is 0 Å². The smallest absolute Gasteiger partial charge is 0.255 e. The SMILES string of the molecule is CCCCCc1ccc(C(=O)Nc2ccc(CC)cc2)cc1. The van der Waals surface area contributed by atoms with Crippen LogP contribution in [0.2, 0.25) is 0 Å². The van der Waals surface area contributed by atoms with E-state index in [-0.39, 0.29) is 5.91 Å². The van der Waals surface area contributed by atoms with Crippen LogP contribution in [0, 0.1) is 0 Å². The Bertz CT molecular complexity index is 584. The van der Waals surface area contributed by atoms with Crippen LogP contribution in [0.15, 0.2) is 48.5 Å². The second-order valence-electron chi connectivity index (χ2n) is 5.66. The molecule has 0 aliphatic carbocycles. The second-order valence-corrected chi connectivity index (χ2v) is 5.66. The Morgan fingerprint density at radius 3 is 2.09 bits per heavy atom. The maximum atomic E-state index is 12.2. The molecule has 0 saturated heterocycles. The Hall–Kier alpha value is -2.09. The van der Waals surface area contributed by atoms with Crippen LogP contribution in [-0.2, 0) is 12.8 Å². The molecular formula is C20H25NO. The van der Waals surface area contributed by atoms with Gasteiger partial charge in [0.1, 0.15) is 0 Å². The molecule has 0 radical (unpaired) electrons. The van der Waals surface area contributed by atoms with Gasteiger partial charge in [0, 0.05) is 11.3 Å². The van der Waals surface area contributed by atoms with Gasteiger partial charge in [-0.2, -0.15) is 0 Å². The van der Waals surface area contributed by atoms with E-state index < -0.39 is 0 Å². The number of aryl methyl sites for hydroxylation is 2. The molecule has 2 nitrogen and oxygen atoms in total. The predicted octanol–water partition coefficient (Wildman–Crippen LogP) is 5.23. The Labute approximate surface area is 133 Å². The largest absolute Gasteiger partial charge is 0.322 e. The second kappa shape index (κ2) is 8.38. The molecule has 0 aliphatic heterocycles. The van der Waals surface area contributed by atoms with Crippen LogP contribution in [0.4, 0.5) is 5.69 Å². The quantitative estimate of drug-likeness (QED) is 0.696. The summed E-state index contributed by atoms with van der Waals surface area (Å²) in [6.45, 7) is 4.33. The first-order valence-electron chi connectivity index (χ1n) is 8.22. The van der Waals surface area contributed by atoms with E-state index in [2.05, 4.69) is 31.3 Å². The van der Waals surface area contributed by atoms with Crippen LogP contribution in [-0.4, -0.2) is 5.91 Å². The van der Waals surface area contributed by atoms with Crippen molar-refractivity contribution in [1.82, 2.24) is 0 Å². The third kappa shape index (κ3) is 4.73. The Morgan fingerprint density at radius 1 is 0.864 bits per heavy atom. The summed E-state index contributed by atoms with van der Waals surface area (Å²) in [5, 5.41) is 2.94. The topological polar surface area (TPSA) is 29.1 Å². The highest BCUT2D eigenvalue weighted by atomic mass is 16.1. The van der Waals surface area contributed by atoms with Crippen molar-refractivity contribution in [2.24, 2.45) is 0 Å². The van der Waals surface area contributed by atoms with Gasteiger partial charge in [-0.25, -0.2) is 0 Å².